The van der Waals surface area contributed by atoms with Crippen molar-refractivity contribution in [2.75, 3.05) is 0 Å². The van der Waals surface area contributed by atoms with Gasteiger partial charge in [-0.05, 0) is 74.5 Å². The second kappa shape index (κ2) is 4.73. The number of carbonyl (C=O) groups is 1. The highest BCUT2D eigenvalue weighted by atomic mass is 79.9. The summed E-state index contributed by atoms with van der Waals surface area (Å²) in [4.78, 5) is 12.6. The van der Waals surface area contributed by atoms with E-state index in [0.29, 0.717) is 5.56 Å². The maximum Gasteiger partial charge on any atom is 0.255 e. The summed E-state index contributed by atoms with van der Waals surface area (Å²) in [5.41, 5.74) is 0.362. The van der Waals surface area contributed by atoms with E-state index in [1.165, 1.54) is 19.3 Å². The molecule has 4 aliphatic rings. The molecule has 1 aromatic carbocycles. The van der Waals surface area contributed by atoms with E-state index in [1.54, 1.807) is 18.2 Å². The quantitative estimate of drug-likeness (QED) is 0.851. The van der Waals surface area contributed by atoms with Crippen molar-refractivity contribution in [2.45, 2.75) is 44.1 Å². The number of hydrogen-bond acceptors (Lipinski definition) is 2. The number of benzene rings is 1. The third kappa shape index (κ3) is 2.37. The van der Waals surface area contributed by atoms with Gasteiger partial charge in [-0.1, -0.05) is 15.9 Å². The highest BCUT2D eigenvalue weighted by Crippen LogP contribution is 2.55. The largest absolute Gasteiger partial charge is 0.507 e. The molecule has 4 saturated carbocycles. The second-order valence-corrected chi connectivity index (χ2v) is 8.23. The molecule has 1 aromatic rings. The molecule has 0 aliphatic heterocycles. The normalized spacial score (nSPS) is 36.7. The van der Waals surface area contributed by atoms with Gasteiger partial charge in [0.1, 0.15) is 5.75 Å². The van der Waals surface area contributed by atoms with Gasteiger partial charge >= 0.3 is 0 Å². The number of nitrogens with one attached hydrogen (secondary N) is 1. The van der Waals surface area contributed by atoms with Gasteiger partial charge in [0.05, 0.1) is 5.56 Å². The number of carbonyl (C=O) groups excluding carboxylic acids is 1. The van der Waals surface area contributed by atoms with Crippen molar-refractivity contribution in [3.63, 3.8) is 0 Å². The third-order valence-electron chi connectivity index (χ3n) is 5.62. The molecule has 4 heteroatoms. The number of halogens is 1. The molecule has 4 bridgehead atoms. The number of rotatable bonds is 2. The zero-order valence-corrected chi connectivity index (χ0v) is 13.5. The van der Waals surface area contributed by atoms with E-state index in [2.05, 4.69) is 21.2 Å². The minimum atomic E-state index is -0.129. The first-order valence-electron chi connectivity index (χ1n) is 7.84. The molecule has 5 rings (SSSR count). The first-order valence-corrected chi connectivity index (χ1v) is 8.63. The minimum absolute atomic E-state index is 0.0133. The van der Waals surface area contributed by atoms with E-state index in [1.807, 2.05) is 0 Å². The van der Waals surface area contributed by atoms with Crippen molar-refractivity contribution < 1.29 is 9.90 Å². The van der Waals surface area contributed by atoms with Crippen molar-refractivity contribution in [3.05, 3.63) is 28.2 Å². The molecular weight excluding hydrogens is 330 g/mol. The molecule has 0 aromatic heterocycles. The summed E-state index contributed by atoms with van der Waals surface area (Å²) in [5.74, 6) is 2.32. The summed E-state index contributed by atoms with van der Waals surface area (Å²) in [5, 5.41) is 13.2. The standard InChI is InChI=1S/C17H20BrNO2/c18-13-1-2-15(20)14(6-13)16(21)19-17-7-10-3-11(8-17)5-12(4-10)9-17/h1-2,6,10-12,20H,3-5,7-9H2,(H,19,21). The molecule has 4 aliphatic carbocycles. The summed E-state index contributed by atoms with van der Waals surface area (Å²) in [6.45, 7) is 0. The van der Waals surface area contributed by atoms with Gasteiger partial charge in [-0.25, -0.2) is 0 Å². The number of aromatic hydroxyl groups is 1. The van der Waals surface area contributed by atoms with Crippen LogP contribution in [0.2, 0.25) is 0 Å². The number of hydrogen-bond donors (Lipinski definition) is 2. The number of phenolic OH excluding ortho intramolecular Hbond substituents is 1. The summed E-state index contributed by atoms with van der Waals surface area (Å²) in [6, 6.07) is 5.01. The Kier molecular flexibility index (Phi) is 3.07. The van der Waals surface area contributed by atoms with Gasteiger partial charge in [0, 0.05) is 10.0 Å². The Morgan fingerprint density at radius 2 is 1.71 bits per heavy atom. The molecule has 21 heavy (non-hydrogen) atoms. The van der Waals surface area contributed by atoms with E-state index in [4.69, 9.17) is 0 Å². The lowest BCUT2D eigenvalue weighted by Gasteiger charge is -2.56. The first-order chi connectivity index (χ1) is 10.0. The summed E-state index contributed by atoms with van der Waals surface area (Å²) in [6.07, 6.45) is 7.45. The van der Waals surface area contributed by atoms with Crippen LogP contribution < -0.4 is 5.32 Å². The third-order valence-corrected chi connectivity index (χ3v) is 6.11. The van der Waals surface area contributed by atoms with Gasteiger partial charge in [-0.15, -0.1) is 0 Å². The van der Waals surface area contributed by atoms with Gasteiger partial charge in [-0.3, -0.25) is 4.79 Å². The lowest BCUT2D eigenvalue weighted by molar-refractivity contribution is -0.0167. The average Bonchev–Trinajstić information content (AvgIpc) is 2.39. The first kappa shape index (κ1) is 13.6. The molecule has 3 nitrogen and oxygen atoms in total. The Morgan fingerprint density at radius 3 is 2.29 bits per heavy atom. The summed E-state index contributed by atoms with van der Waals surface area (Å²) < 4.78 is 0.816. The van der Waals surface area contributed by atoms with Crippen LogP contribution >= 0.6 is 15.9 Å². The van der Waals surface area contributed by atoms with E-state index in [0.717, 1.165) is 41.5 Å². The molecule has 0 atom stereocenters. The molecule has 0 heterocycles. The van der Waals surface area contributed by atoms with E-state index >= 15 is 0 Å². The van der Waals surface area contributed by atoms with Crippen LogP contribution in [-0.4, -0.2) is 16.6 Å². The molecule has 112 valence electrons. The minimum Gasteiger partial charge on any atom is -0.507 e. The molecule has 0 radical (unpaired) electrons. The van der Waals surface area contributed by atoms with Crippen molar-refractivity contribution in [2.24, 2.45) is 17.8 Å². The zero-order chi connectivity index (χ0) is 14.6. The van der Waals surface area contributed by atoms with Crippen LogP contribution in [0, 0.1) is 17.8 Å². The lowest BCUT2D eigenvalue weighted by atomic mass is 9.53. The van der Waals surface area contributed by atoms with Gasteiger partial charge in [0.25, 0.3) is 5.91 Å². The Bertz CT molecular complexity index is 563. The van der Waals surface area contributed by atoms with Crippen LogP contribution in [0.5, 0.6) is 5.75 Å². The van der Waals surface area contributed by atoms with Gasteiger partial charge in [-0.2, -0.15) is 0 Å². The van der Waals surface area contributed by atoms with Crippen LogP contribution in [0.15, 0.2) is 22.7 Å². The predicted octanol–water partition coefficient (Wildman–Crippen LogP) is 3.85. The SMILES string of the molecule is O=C(NC12CC3CC(CC(C3)C1)C2)c1cc(Br)ccc1O. The van der Waals surface area contributed by atoms with Gasteiger partial charge < -0.3 is 10.4 Å². The van der Waals surface area contributed by atoms with E-state index < -0.39 is 0 Å². The summed E-state index contributed by atoms with van der Waals surface area (Å²) in [7, 11) is 0. The van der Waals surface area contributed by atoms with Crippen LogP contribution in [0.3, 0.4) is 0 Å². The fourth-order valence-electron chi connectivity index (χ4n) is 5.26. The monoisotopic (exact) mass is 349 g/mol. The van der Waals surface area contributed by atoms with Gasteiger partial charge in [0.15, 0.2) is 0 Å². The molecule has 0 spiro atoms. The fraction of sp³-hybridized carbons (Fsp3) is 0.588. The zero-order valence-electron chi connectivity index (χ0n) is 11.9. The van der Waals surface area contributed by atoms with Crippen LogP contribution in [0.25, 0.3) is 0 Å². The Balaban J connectivity index is 1.58. The van der Waals surface area contributed by atoms with E-state index in [-0.39, 0.29) is 17.2 Å². The lowest BCUT2D eigenvalue weighted by Crippen LogP contribution is -2.59. The summed E-state index contributed by atoms with van der Waals surface area (Å²) >= 11 is 3.37. The highest BCUT2D eigenvalue weighted by Gasteiger charge is 2.51. The van der Waals surface area contributed by atoms with Crippen molar-refractivity contribution >= 4 is 21.8 Å². The Morgan fingerprint density at radius 1 is 1.14 bits per heavy atom. The van der Waals surface area contributed by atoms with E-state index in [9.17, 15) is 9.90 Å². The molecule has 0 saturated heterocycles. The van der Waals surface area contributed by atoms with Crippen molar-refractivity contribution in [3.8, 4) is 5.75 Å². The fourth-order valence-corrected chi connectivity index (χ4v) is 5.62. The number of amides is 1. The topological polar surface area (TPSA) is 49.3 Å². The predicted molar refractivity (Wildman–Crippen MR) is 84.2 cm³/mol. The average molecular weight is 350 g/mol. The van der Waals surface area contributed by atoms with Crippen LogP contribution in [0.4, 0.5) is 0 Å². The molecule has 0 unspecified atom stereocenters. The molecular formula is C17H20BrNO2. The van der Waals surface area contributed by atoms with Crippen LogP contribution in [-0.2, 0) is 0 Å². The molecule has 4 fully saturated rings. The Labute approximate surface area is 133 Å². The second-order valence-electron chi connectivity index (χ2n) is 7.31. The highest BCUT2D eigenvalue weighted by molar-refractivity contribution is 9.10. The molecule has 1 amide bonds. The maximum atomic E-state index is 12.6. The van der Waals surface area contributed by atoms with Crippen molar-refractivity contribution in [1.82, 2.24) is 5.32 Å². The van der Waals surface area contributed by atoms with Crippen molar-refractivity contribution in [1.29, 1.82) is 0 Å². The number of phenols is 1. The van der Waals surface area contributed by atoms with Gasteiger partial charge in [0.2, 0.25) is 0 Å². The maximum absolute atomic E-state index is 12.6. The van der Waals surface area contributed by atoms with Crippen LogP contribution in [0.1, 0.15) is 48.9 Å². The molecule has 2 N–H and O–H groups in total. The smallest absolute Gasteiger partial charge is 0.255 e. The Hall–Kier alpha value is -1.03.